The Labute approximate surface area is 175 Å². The summed E-state index contributed by atoms with van der Waals surface area (Å²) in [5, 5.41) is 4.42. The van der Waals surface area contributed by atoms with E-state index in [0.717, 1.165) is 18.4 Å². The van der Waals surface area contributed by atoms with Gasteiger partial charge in [0.15, 0.2) is 0 Å². The molecule has 1 aliphatic rings. The van der Waals surface area contributed by atoms with Gasteiger partial charge in [-0.2, -0.15) is 5.10 Å². The Morgan fingerprint density at radius 1 is 1.20 bits per heavy atom. The summed E-state index contributed by atoms with van der Waals surface area (Å²) in [5.41, 5.74) is 2.70. The van der Waals surface area contributed by atoms with Crippen molar-refractivity contribution in [2.75, 3.05) is 20.1 Å². The Morgan fingerprint density at radius 3 is 2.80 bits per heavy atom. The molecule has 1 unspecified atom stereocenters. The molecule has 3 heterocycles. The molecular formula is C23H26N4O3. The average Bonchev–Trinajstić information content (AvgIpc) is 3.46. The number of carbonyl (C=O) groups excluding carboxylic acids is 2. The maximum Gasteiger partial charge on any atom is 0.257 e. The number of hydrogen-bond donors (Lipinski definition) is 0. The Kier molecular flexibility index (Phi) is 5.97. The van der Waals surface area contributed by atoms with Crippen molar-refractivity contribution in [2.24, 2.45) is 5.92 Å². The van der Waals surface area contributed by atoms with Crippen molar-refractivity contribution >= 4 is 11.8 Å². The number of rotatable bonds is 6. The first-order chi connectivity index (χ1) is 14.6. The summed E-state index contributed by atoms with van der Waals surface area (Å²) < 4.78 is 6.90. The van der Waals surface area contributed by atoms with E-state index in [4.69, 9.17) is 4.42 Å². The maximum atomic E-state index is 13.0. The lowest BCUT2D eigenvalue weighted by Gasteiger charge is -2.33. The molecule has 0 N–H and O–H groups in total. The van der Waals surface area contributed by atoms with Crippen LogP contribution < -0.4 is 0 Å². The first kappa shape index (κ1) is 19.9. The molecule has 0 spiro atoms. The monoisotopic (exact) mass is 406 g/mol. The fourth-order valence-corrected chi connectivity index (χ4v) is 3.94. The van der Waals surface area contributed by atoms with Crippen LogP contribution in [0, 0.1) is 5.92 Å². The summed E-state index contributed by atoms with van der Waals surface area (Å²) in [7, 11) is 1.81. The summed E-state index contributed by atoms with van der Waals surface area (Å²) >= 11 is 0. The van der Waals surface area contributed by atoms with E-state index < -0.39 is 0 Å². The predicted molar refractivity (Wildman–Crippen MR) is 112 cm³/mol. The zero-order valence-corrected chi connectivity index (χ0v) is 17.1. The Hall–Kier alpha value is -3.35. The largest absolute Gasteiger partial charge is 0.472 e. The molecule has 0 saturated carbocycles. The van der Waals surface area contributed by atoms with E-state index in [9.17, 15) is 9.59 Å². The van der Waals surface area contributed by atoms with Gasteiger partial charge in [-0.05, 0) is 24.5 Å². The summed E-state index contributed by atoms with van der Waals surface area (Å²) in [5.74, 6) is -0.194. The van der Waals surface area contributed by atoms with Crippen LogP contribution in [0.4, 0.5) is 0 Å². The molecule has 2 amide bonds. The third-order valence-electron chi connectivity index (χ3n) is 5.50. The van der Waals surface area contributed by atoms with Crippen LogP contribution >= 0.6 is 0 Å². The Bertz CT molecular complexity index is 981. The second-order valence-corrected chi connectivity index (χ2v) is 7.83. The molecule has 3 aromatic rings. The van der Waals surface area contributed by atoms with Crippen LogP contribution in [0.1, 0.15) is 34.3 Å². The second kappa shape index (κ2) is 8.98. The molecule has 0 radical (unpaired) electrons. The van der Waals surface area contributed by atoms with E-state index in [1.165, 1.54) is 18.1 Å². The van der Waals surface area contributed by atoms with Crippen LogP contribution in [-0.2, 0) is 17.9 Å². The normalized spacial score (nSPS) is 16.4. The molecule has 4 rings (SSSR count). The minimum Gasteiger partial charge on any atom is -0.472 e. The van der Waals surface area contributed by atoms with Crippen molar-refractivity contribution < 1.29 is 14.0 Å². The van der Waals surface area contributed by atoms with Crippen LogP contribution in [0.25, 0.3) is 0 Å². The molecule has 0 bridgehead atoms. The SMILES string of the molecule is CN(Cc1cnn(Cc2ccccc2)c1)C(=O)C1CCCN(C(=O)c2ccoc2)C1. The van der Waals surface area contributed by atoms with Crippen molar-refractivity contribution in [1.82, 2.24) is 19.6 Å². The van der Waals surface area contributed by atoms with Crippen molar-refractivity contribution in [3.05, 3.63) is 78.0 Å². The number of hydrogen-bond acceptors (Lipinski definition) is 4. The van der Waals surface area contributed by atoms with Crippen molar-refractivity contribution in [3.8, 4) is 0 Å². The van der Waals surface area contributed by atoms with Gasteiger partial charge in [0.25, 0.3) is 5.91 Å². The number of aromatic nitrogens is 2. The van der Waals surface area contributed by atoms with Crippen molar-refractivity contribution in [2.45, 2.75) is 25.9 Å². The molecule has 1 fully saturated rings. The van der Waals surface area contributed by atoms with Crippen molar-refractivity contribution in [3.63, 3.8) is 0 Å². The molecule has 0 aliphatic carbocycles. The highest BCUT2D eigenvalue weighted by Crippen LogP contribution is 2.21. The van der Waals surface area contributed by atoms with Gasteiger partial charge in [-0.15, -0.1) is 0 Å². The lowest BCUT2D eigenvalue weighted by molar-refractivity contribution is -0.136. The van der Waals surface area contributed by atoms with Crippen LogP contribution in [-0.4, -0.2) is 51.5 Å². The first-order valence-electron chi connectivity index (χ1n) is 10.2. The van der Waals surface area contributed by atoms with Gasteiger partial charge in [0.05, 0.1) is 30.5 Å². The molecule has 1 atom stereocenters. The lowest BCUT2D eigenvalue weighted by atomic mass is 9.96. The van der Waals surface area contributed by atoms with E-state index in [2.05, 4.69) is 17.2 Å². The number of carbonyl (C=O) groups is 2. The fourth-order valence-electron chi connectivity index (χ4n) is 3.94. The highest BCUT2D eigenvalue weighted by atomic mass is 16.3. The Balaban J connectivity index is 1.34. The number of piperidine rings is 1. The highest BCUT2D eigenvalue weighted by Gasteiger charge is 2.31. The maximum absolute atomic E-state index is 13.0. The minimum atomic E-state index is -0.182. The molecule has 2 aromatic heterocycles. The quantitative estimate of drug-likeness (QED) is 0.631. The van der Waals surface area contributed by atoms with Gasteiger partial charge in [0, 0.05) is 38.4 Å². The molecule has 7 nitrogen and oxygen atoms in total. The second-order valence-electron chi connectivity index (χ2n) is 7.83. The lowest BCUT2D eigenvalue weighted by Crippen LogP contribution is -2.45. The van der Waals surface area contributed by atoms with E-state index in [-0.39, 0.29) is 17.7 Å². The molecule has 30 heavy (non-hydrogen) atoms. The van der Waals surface area contributed by atoms with Gasteiger partial charge in [-0.3, -0.25) is 14.3 Å². The van der Waals surface area contributed by atoms with Crippen LogP contribution in [0.3, 0.4) is 0 Å². The third kappa shape index (κ3) is 4.62. The molecule has 156 valence electrons. The summed E-state index contributed by atoms with van der Waals surface area (Å²) in [6.45, 7) is 2.32. The number of amides is 2. The van der Waals surface area contributed by atoms with Crippen LogP contribution in [0.2, 0.25) is 0 Å². The standard InChI is InChI=1S/C23H26N4O3/c1-25(13-19-12-24-27(15-19)14-18-6-3-2-4-7-18)22(28)20-8-5-10-26(16-20)23(29)21-9-11-30-17-21/h2-4,6-7,9,11-12,15,17,20H,5,8,10,13-14,16H2,1H3. The van der Waals surface area contributed by atoms with Gasteiger partial charge < -0.3 is 14.2 Å². The predicted octanol–water partition coefficient (Wildman–Crippen LogP) is 3.04. The summed E-state index contributed by atoms with van der Waals surface area (Å²) in [6, 6.07) is 11.8. The molecule has 1 aliphatic heterocycles. The number of benzene rings is 1. The topological polar surface area (TPSA) is 71.6 Å². The van der Waals surface area contributed by atoms with Gasteiger partial charge in [-0.1, -0.05) is 30.3 Å². The van der Waals surface area contributed by atoms with Crippen LogP contribution in [0.5, 0.6) is 0 Å². The van der Waals surface area contributed by atoms with Crippen molar-refractivity contribution in [1.29, 1.82) is 0 Å². The van der Waals surface area contributed by atoms with Gasteiger partial charge in [0.2, 0.25) is 5.91 Å². The summed E-state index contributed by atoms with van der Waals surface area (Å²) in [6.07, 6.45) is 8.35. The zero-order chi connectivity index (χ0) is 20.9. The number of nitrogens with zero attached hydrogens (tertiary/aromatic N) is 4. The molecule has 7 heteroatoms. The van der Waals surface area contributed by atoms with Crippen LogP contribution in [0.15, 0.2) is 65.7 Å². The molecule has 1 aromatic carbocycles. The zero-order valence-electron chi connectivity index (χ0n) is 17.1. The van der Waals surface area contributed by atoms with Gasteiger partial charge in [-0.25, -0.2) is 0 Å². The smallest absolute Gasteiger partial charge is 0.257 e. The van der Waals surface area contributed by atoms with E-state index >= 15 is 0 Å². The number of furan rings is 1. The molecular weight excluding hydrogens is 380 g/mol. The van der Waals surface area contributed by atoms with E-state index in [1.54, 1.807) is 15.9 Å². The first-order valence-corrected chi connectivity index (χ1v) is 10.2. The summed E-state index contributed by atoms with van der Waals surface area (Å²) in [4.78, 5) is 29.1. The van der Waals surface area contributed by atoms with E-state index in [1.807, 2.05) is 42.3 Å². The fraction of sp³-hybridized carbons (Fsp3) is 0.348. The number of likely N-dealkylation sites (tertiary alicyclic amines) is 1. The van der Waals surface area contributed by atoms with E-state index in [0.29, 0.717) is 31.7 Å². The molecule has 1 saturated heterocycles. The Morgan fingerprint density at radius 2 is 2.03 bits per heavy atom. The third-order valence-corrected chi connectivity index (χ3v) is 5.50. The average molecular weight is 406 g/mol. The highest BCUT2D eigenvalue weighted by molar-refractivity contribution is 5.94. The van der Waals surface area contributed by atoms with Gasteiger partial charge in [0.1, 0.15) is 6.26 Å². The van der Waals surface area contributed by atoms with Gasteiger partial charge >= 0.3 is 0 Å². The minimum absolute atomic E-state index is 0.0653.